The Morgan fingerprint density at radius 2 is 1.90 bits per heavy atom. The van der Waals surface area contributed by atoms with Crippen LogP contribution in [-0.2, 0) is 4.79 Å². The van der Waals surface area contributed by atoms with Gasteiger partial charge in [-0.15, -0.1) is 0 Å². The number of amides is 1. The first-order valence-electron chi connectivity index (χ1n) is 6.70. The second-order valence-electron chi connectivity index (χ2n) is 4.91. The summed E-state index contributed by atoms with van der Waals surface area (Å²) in [4.78, 5) is 11.7. The van der Waals surface area contributed by atoms with Gasteiger partial charge in [-0.1, -0.05) is 24.3 Å². The van der Waals surface area contributed by atoms with E-state index in [2.05, 4.69) is 6.07 Å². The maximum absolute atomic E-state index is 11.7. The quantitative estimate of drug-likeness (QED) is 0.796. The minimum absolute atomic E-state index is 0.0518. The summed E-state index contributed by atoms with van der Waals surface area (Å²) in [6.07, 6.45) is 0.966. The van der Waals surface area contributed by atoms with Crippen LogP contribution in [0.2, 0.25) is 0 Å². The van der Waals surface area contributed by atoms with E-state index in [-0.39, 0.29) is 5.91 Å². The number of benzene rings is 2. The van der Waals surface area contributed by atoms with E-state index in [0.717, 1.165) is 36.0 Å². The summed E-state index contributed by atoms with van der Waals surface area (Å²) >= 11 is 0. The van der Waals surface area contributed by atoms with Crippen LogP contribution in [0.25, 0.3) is 10.8 Å². The Bertz CT molecular complexity index is 717. The topological polar surface area (TPSA) is 47.3 Å². The van der Waals surface area contributed by atoms with Crippen molar-refractivity contribution in [3.63, 3.8) is 0 Å². The molecule has 3 rings (SSSR count). The second-order valence-corrected chi connectivity index (χ2v) is 4.91. The van der Waals surface area contributed by atoms with Crippen LogP contribution >= 0.6 is 0 Å². The molecule has 1 aliphatic rings. The van der Waals surface area contributed by atoms with Crippen molar-refractivity contribution < 1.29 is 4.79 Å². The molecule has 2 aromatic carbocycles. The Morgan fingerprint density at radius 1 is 1.15 bits per heavy atom. The summed E-state index contributed by atoms with van der Waals surface area (Å²) in [7, 11) is 0. The van der Waals surface area contributed by atoms with E-state index in [1.165, 1.54) is 0 Å². The van der Waals surface area contributed by atoms with Crippen LogP contribution in [-0.4, -0.2) is 24.0 Å². The Kier molecular flexibility index (Phi) is 3.03. The van der Waals surface area contributed by atoms with Crippen molar-refractivity contribution in [2.24, 2.45) is 0 Å². The van der Waals surface area contributed by atoms with Crippen molar-refractivity contribution in [1.82, 2.24) is 5.01 Å². The van der Waals surface area contributed by atoms with Crippen LogP contribution in [0.5, 0.6) is 0 Å². The summed E-state index contributed by atoms with van der Waals surface area (Å²) in [6.45, 7) is 3.17. The summed E-state index contributed by atoms with van der Waals surface area (Å²) in [6, 6.07) is 13.8. The molecular weight excluding hydrogens is 250 g/mol. The highest BCUT2D eigenvalue weighted by Crippen LogP contribution is 2.32. The molecule has 1 aliphatic heterocycles. The third-order valence-corrected chi connectivity index (χ3v) is 3.69. The standard InChI is InChI=1S/C16H15N3O/c1-12(20)18-9-4-10-19(18)16-8-7-13(11-17)14-5-2-3-6-15(14)16/h2-3,5-8H,4,9-10H2,1H3. The number of nitriles is 1. The molecule has 1 heterocycles. The Hall–Kier alpha value is -2.54. The Labute approximate surface area is 117 Å². The van der Waals surface area contributed by atoms with Gasteiger partial charge in [0.2, 0.25) is 5.91 Å². The van der Waals surface area contributed by atoms with Crippen molar-refractivity contribution in [1.29, 1.82) is 5.26 Å². The maximum Gasteiger partial charge on any atom is 0.237 e. The van der Waals surface area contributed by atoms with Crippen molar-refractivity contribution >= 4 is 22.4 Å². The highest BCUT2D eigenvalue weighted by molar-refractivity contribution is 5.98. The normalized spacial score (nSPS) is 14.6. The molecule has 4 heteroatoms. The van der Waals surface area contributed by atoms with E-state index in [1.807, 2.05) is 41.4 Å². The number of hydrogen-bond acceptors (Lipinski definition) is 3. The predicted octanol–water partition coefficient (Wildman–Crippen LogP) is 2.69. The molecule has 100 valence electrons. The van der Waals surface area contributed by atoms with Crippen LogP contribution in [0.15, 0.2) is 36.4 Å². The molecule has 0 aliphatic carbocycles. The molecular formula is C16H15N3O. The van der Waals surface area contributed by atoms with Gasteiger partial charge in [-0.05, 0) is 18.6 Å². The van der Waals surface area contributed by atoms with E-state index in [0.29, 0.717) is 5.56 Å². The number of hydrazine groups is 1. The minimum Gasteiger partial charge on any atom is -0.282 e. The molecule has 20 heavy (non-hydrogen) atoms. The average molecular weight is 265 g/mol. The fourth-order valence-corrected chi connectivity index (χ4v) is 2.80. The summed E-state index contributed by atoms with van der Waals surface area (Å²) < 4.78 is 0. The lowest BCUT2D eigenvalue weighted by atomic mass is 10.0. The average Bonchev–Trinajstić information content (AvgIpc) is 2.95. The molecule has 0 aromatic heterocycles. The number of rotatable bonds is 1. The lowest BCUT2D eigenvalue weighted by Gasteiger charge is -2.30. The largest absolute Gasteiger partial charge is 0.282 e. The smallest absolute Gasteiger partial charge is 0.237 e. The molecule has 1 amide bonds. The van der Waals surface area contributed by atoms with Crippen molar-refractivity contribution in [2.75, 3.05) is 18.1 Å². The van der Waals surface area contributed by atoms with Gasteiger partial charge in [0.15, 0.2) is 0 Å². The van der Waals surface area contributed by atoms with E-state index in [4.69, 9.17) is 0 Å². The van der Waals surface area contributed by atoms with E-state index < -0.39 is 0 Å². The van der Waals surface area contributed by atoms with Crippen molar-refractivity contribution in [3.8, 4) is 6.07 Å². The van der Waals surface area contributed by atoms with Gasteiger partial charge in [-0.25, -0.2) is 0 Å². The number of nitrogens with zero attached hydrogens (tertiary/aromatic N) is 3. The van der Waals surface area contributed by atoms with Gasteiger partial charge < -0.3 is 0 Å². The van der Waals surface area contributed by atoms with E-state index >= 15 is 0 Å². The molecule has 0 N–H and O–H groups in total. The monoisotopic (exact) mass is 265 g/mol. The molecule has 0 bridgehead atoms. The van der Waals surface area contributed by atoms with Crippen molar-refractivity contribution in [3.05, 3.63) is 42.0 Å². The fraction of sp³-hybridized carbons (Fsp3) is 0.250. The van der Waals surface area contributed by atoms with Crippen LogP contribution in [0.3, 0.4) is 0 Å². The van der Waals surface area contributed by atoms with Gasteiger partial charge in [0.25, 0.3) is 0 Å². The second kappa shape index (κ2) is 4.86. The molecule has 0 radical (unpaired) electrons. The number of fused-ring (bicyclic) bond motifs is 1. The van der Waals surface area contributed by atoms with Crippen molar-refractivity contribution in [2.45, 2.75) is 13.3 Å². The number of carbonyl (C=O) groups is 1. The number of hydrogen-bond donors (Lipinski definition) is 0. The zero-order valence-electron chi connectivity index (χ0n) is 11.3. The molecule has 4 nitrogen and oxygen atoms in total. The molecule has 2 aromatic rings. The SMILES string of the molecule is CC(=O)N1CCCN1c1ccc(C#N)c2ccccc12. The third kappa shape index (κ3) is 1.88. The van der Waals surface area contributed by atoms with Gasteiger partial charge >= 0.3 is 0 Å². The molecule has 0 spiro atoms. The maximum atomic E-state index is 11.7. The minimum atomic E-state index is 0.0518. The molecule has 0 atom stereocenters. The summed E-state index contributed by atoms with van der Waals surface area (Å²) in [5.41, 5.74) is 1.66. The number of anilines is 1. The molecule has 1 saturated heterocycles. The molecule has 1 fully saturated rings. The lowest BCUT2D eigenvalue weighted by Crippen LogP contribution is -2.40. The Balaban J connectivity index is 2.18. The van der Waals surface area contributed by atoms with Gasteiger partial charge in [0.1, 0.15) is 0 Å². The van der Waals surface area contributed by atoms with Gasteiger partial charge in [0, 0.05) is 30.8 Å². The summed E-state index contributed by atoms with van der Waals surface area (Å²) in [5.74, 6) is 0.0518. The van der Waals surface area contributed by atoms with Gasteiger partial charge in [-0.3, -0.25) is 14.8 Å². The van der Waals surface area contributed by atoms with Gasteiger partial charge in [-0.2, -0.15) is 5.26 Å². The fourth-order valence-electron chi connectivity index (χ4n) is 2.80. The predicted molar refractivity (Wildman–Crippen MR) is 78.0 cm³/mol. The number of carbonyl (C=O) groups excluding carboxylic acids is 1. The highest BCUT2D eigenvalue weighted by atomic mass is 16.2. The Morgan fingerprint density at radius 3 is 2.60 bits per heavy atom. The first-order valence-corrected chi connectivity index (χ1v) is 6.70. The first kappa shape index (κ1) is 12.5. The van der Waals surface area contributed by atoms with E-state index in [1.54, 1.807) is 11.9 Å². The van der Waals surface area contributed by atoms with Crippen LogP contribution in [0, 0.1) is 11.3 Å². The van der Waals surface area contributed by atoms with Gasteiger partial charge in [0.05, 0.1) is 17.3 Å². The summed E-state index contributed by atoms with van der Waals surface area (Å²) in [5, 5.41) is 14.9. The highest BCUT2D eigenvalue weighted by Gasteiger charge is 2.25. The zero-order chi connectivity index (χ0) is 14.1. The molecule has 0 saturated carbocycles. The zero-order valence-corrected chi connectivity index (χ0v) is 11.3. The van der Waals surface area contributed by atoms with Crippen LogP contribution in [0.1, 0.15) is 18.9 Å². The third-order valence-electron chi connectivity index (χ3n) is 3.69. The van der Waals surface area contributed by atoms with Crippen LogP contribution < -0.4 is 5.01 Å². The lowest BCUT2D eigenvalue weighted by molar-refractivity contribution is -0.128. The molecule has 0 unspecified atom stereocenters. The van der Waals surface area contributed by atoms with E-state index in [9.17, 15) is 10.1 Å². The first-order chi connectivity index (χ1) is 9.72. The van der Waals surface area contributed by atoms with Crippen LogP contribution in [0.4, 0.5) is 5.69 Å².